The molecule has 1 amide bonds. The topological polar surface area (TPSA) is 56.7 Å². The van der Waals surface area contributed by atoms with E-state index < -0.39 is 0 Å². The first-order chi connectivity index (χ1) is 7.29. The number of amides is 1. The molecule has 15 heavy (non-hydrogen) atoms. The molecule has 3 aliphatic rings. The number of rotatable bonds is 0. The number of thioether (sulfide) groups is 1. The summed E-state index contributed by atoms with van der Waals surface area (Å²) in [6.07, 6.45) is 5.75. The molecule has 1 saturated carbocycles. The highest BCUT2D eigenvalue weighted by Crippen LogP contribution is 2.30. The van der Waals surface area contributed by atoms with Gasteiger partial charge in [0.25, 0.3) is 5.91 Å². The number of nitrogens with one attached hydrogen (secondary N) is 2. The summed E-state index contributed by atoms with van der Waals surface area (Å²) < 4.78 is 0. The fourth-order valence-electron chi connectivity index (χ4n) is 2.33. The van der Waals surface area contributed by atoms with Crippen LogP contribution in [-0.2, 0) is 4.79 Å². The van der Waals surface area contributed by atoms with Gasteiger partial charge < -0.3 is 0 Å². The maximum atomic E-state index is 11.6. The van der Waals surface area contributed by atoms with Gasteiger partial charge in [0.1, 0.15) is 5.66 Å². The van der Waals surface area contributed by atoms with E-state index in [0.717, 1.165) is 18.0 Å². The zero-order valence-corrected chi connectivity index (χ0v) is 9.27. The lowest BCUT2D eigenvalue weighted by Gasteiger charge is -2.43. The van der Waals surface area contributed by atoms with Gasteiger partial charge in [-0.25, -0.2) is 5.01 Å². The van der Waals surface area contributed by atoms with E-state index in [9.17, 15) is 4.79 Å². The summed E-state index contributed by atoms with van der Waals surface area (Å²) in [5, 5.41) is 6.67. The van der Waals surface area contributed by atoms with E-state index in [2.05, 4.69) is 16.0 Å². The quantitative estimate of drug-likeness (QED) is 0.635. The van der Waals surface area contributed by atoms with Crippen LogP contribution in [0.5, 0.6) is 0 Å². The Hall–Kier alpha value is -0.750. The number of carbonyl (C=O) groups excluding carboxylic acids is 1. The van der Waals surface area contributed by atoms with Crippen LogP contribution in [0.3, 0.4) is 0 Å². The zero-order chi connectivity index (χ0) is 10.3. The zero-order valence-electron chi connectivity index (χ0n) is 8.45. The fraction of sp³-hybridized carbons (Fsp3) is 0.778. The van der Waals surface area contributed by atoms with Crippen LogP contribution in [0.15, 0.2) is 5.10 Å². The molecule has 5 nitrogen and oxygen atoms in total. The van der Waals surface area contributed by atoms with Crippen molar-refractivity contribution in [3.8, 4) is 0 Å². The van der Waals surface area contributed by atoms with Crippen LogP contribution in [0, 0.1) is 0 Å². The molecule has 2 N–H and O–H groups in total. The molecule has 1 saturated heterocycles. The molecule has 0 atom stereocenters. The Morgan fingerprint density at radius 1 is 1.33 bits per heavy atom. The minimum absolute atomic E-state index is 0.116. The molecule has 2 heterocycles. The average molecular weight is 226 g/mol. The van der Waals surface area contributed by atoms with Crippen LogP contribution in [0.2, 0.25) is 0 Å². The molecule has 0 aromatic heterocycles. The fourth-order valence-corrected chi connectivity index (χ4v) is 3.10. The number of amidine groups is 1. The molecule has 0 radical (unpaired) electrons. The van der Waals surface area contributed by atoms with E-state index in [1.807, 2.05) is 0 Å². The van der Waals surface area contributed by atoms with Crippen molar-refractivity contribution in [3.63, 3.8) is 0 Å². The Balaban J connectivity index is 1.83. The number of hydrogen-bond donors (Lipinski definition) is 2. The molecule has 0 aromatic rings. The van der Waals surface area contributed by atoms with E-state index in [0.29, 0.717) is 5.75 Å². The second-order valence-corrected chi connectivity index (χ2v) is 5.22. The summed E-state index contributed by atoms with van der Waals surface area (Å²) in [5.41, 5.74) is 6.33. The normalized spacial score (nSPS) is 28.7. The minimum Gasteiger partial charge on any atom is -0.286 e. The number of hydrazine groups is 1. The lowest BCUT2D eigenvalue weighted by molar-refractivity contribution is -0.129. The van der Waals surface area contributed by atoms with Gasteiger partial charge in [0.05, 0.1) is 5.75 Å². The highest BCUT2D eigenvalue weighted by molar-refractivity contribution is 8.15. The van der Waals surface area contributed by atoms with E-state index in [4.69, 9.17) is 0 Å². The Bertz CT molecular complexity index is 324. The predicted octanol–water partition coefficient (Wildman–Crippen LogP) is 0.601. The summed E-state index contributed by atoms with van der Waals surface area (Å²) in [5.74, 6) is 0.619. The van der Waals surface area contributed by atoms with E-state index in [-0.39, 0.29) is 11.6 Å². The lowest BCUT2D eigenvalue weighted by Crippen LogP contribution is -2.66. The third-order valence-corrected chi connectivity index (χ3v) is 4.09. The van der Waals surface area contributed by atoms with Crippen molar-refractivity contribution in [2.45, 2.75) is 37.8 Å². The van der Waals surface area contributed by atoms with Gasteiger partial charge in [-0.3, -0.25) is 10.2 Å². The Labute approximate surface area is 92.6 Å². The maximum absolute atomic E-state index is 11.6. The molecule has 2 aliphatic heterocycles. The minimum atomic E-state index is -0.164. The van der Waals surface area contributed by atoms with Crippen LogP contribution in [0.25, 0.3) is 0 Å². The summed E-state index contributed by atoms with van der Waals surface area (Å²) in [6.45, 7) is 0. The number of hydrogen-bond acceptors (Lipinski definition) is 5. The van der Waals surface area contributed by atoms with Crippen LogP contribution >= 0.6 is 11.8 Å². The highest BCUT2D eigenvalue weighted by Gasteiger charge is 2.42. The van der Waals surface area contributed by atoms with Crippen LogP contribution in [0.4, 0.5) is 0 Å². The van der Waals surface area contributed by atoms with Crippen molar-refractivity contribution in [3.05, 3.63) is 0 Å². The second kappa shape index (κ2) is 3.38. The van der Waals surface area contributed by atoms with Crippen molar-refractivity contribution < 1.29 is 4.79 Å². The standard InChI is InChI=1S/C9H14N4OS/c14-7-6-15-8-10-11-9(12-13(7)8)4-2-1-3-5-9/h11-12H,1-6H2. The van der Waals surface area contributed by atoms with Gasteiger partial charge in [0.15, 0.2) is 0 Å². The first-order valence-electron chi connectivity index (χ1n) is 5.38. The second-order valence-electron chi connectivity index (χ2n) is 4.28. The van der Waals surface area contributed by atoms with Gasteiger partial charge in [0, 0.05) is 0 Å². The Morgan fingerprint density at radius 2 is 2.13 bits per heavy atom. The van der Waals surface area contributed by atoms with Gasteiger partial charge >= 0.3 is 0 Å². The Kier molecular flexibility index (Phi) is 2.14. The molecule has 1 spiro atoms. The number of carbonyl (C=O) groups is 1. The van der Waals surface area contributed by atoms with Gasteiger partial charge in [-0.2, -0.15) is 10.5 Å². The first kappa shape index (κ1) is 9.47. The molecule has 0 unspecified atom stereocenters. The largest absolute Gasteiger partial charge is 0.286 e. The number of hydrazone groups is 1. The summed E-state index contributed by atoms with van der Waals surface area (Å²) in [7, 11) is 0. The van der Waals surface area contributed by atoms with Crippen molar-refractivity contribution in [2.75, 3.05) is 5.75 Å². The third-order valence-electron chi connectivity index (χ3n) is 3.16. The molecule has 82 valence electrons. The molecule has 0 bridgehead atoms. The molecular weight excluding hydrogens is 212 g/mol. The molecule has 2 fully saturated rings. The summed E-state index contributed by atoms with van der Waals surface area (Å²) in [6, 6.07) is 0. The third kappa shape index (κ3) is 1.52. The number of fused-ring (bicyclic) bond motifs is 1. The van der Waals surface area contributed by atoms with E-state index in [1.54, 1.807) is 5.01 Å². The van der Waals surface area contributed by atoms with E-state index >= 15 is 0 Å². The van der Waals surface area contributed by atoms with Crippen molar-refractivity contribution in [1.29, 1.82) is 0 Å². The van der Waals surface area contributed by atoms with Crippen molar-refractivity contribution >= 4 is 22.8 Å². The summed E-state index contributed by atoms with van der Waals surface area (Å²) >= 11 is 1.48. The average Bonchev–Trinajstić information content (AvgIpc) is 2.62. The first-order valence-corrected chi connectivity index (χ1v) is 6.36. The van der Waals surface area contributed by atoms with Gasteiger partial charge in [-0.1, -0.05) is 18.2 Å². The predicted molar refractivity (Wildman–Crippen MR) is 58.8 cm³/mol. The van der Waals surface area contributed by atoms with Crippen LogP contribution in [-0.4, -0.2) is 27.5 Å². The summed E-state index contributed by atoms with van der Waals surface area (Å²) in [4.78, 5) is 11.6. The Morgan fingerprint density at radius 3 is 2.93 bits per heavy atom. The number of nitrogens with zero attached hydrogens (tertiary/aromatic N) is 2. The van der Waals surface area contributed by atoms with Crippen molar-refractivity contribution in [1.82, 2.24) is 15.9 Å². The molecule has 0 aromatic carbocycles. The van der Waals surface area contributed by atoms with Crippen LogP contribution < -0.4 is 10.9 Å². The van der Waals surface area contributed by atoms with Gasteiger partial charge in [-0.05, 0) is 25.7 Å². The molecule has 3 rings (SSSR count). The lowest BCUT2D eigenvalue weighted by atomic mass is 9.90. The molecule has 6 heteroatoms. The SMILES string of the molecule is O=C1CSC2=NNC3(CCCCC3)NN12. The monoisotopic (exact) mass is 226 g/mol. The van der Waals surface area contributed by atoms with Gasteiger partial charge in [0.2, 0.25) is 5.17 Å². The van der Waals surface area contributed by atoms with E-state index in [1.165, 1.54) is 31.0 Å². The smallest absolute Gasteiger partial charge is 0.253 e. The van der Waals surface area contributed by atoms with Crippen LogP contribution in [0.1, 0.15) is 32.1 Å². The van der Waals surface area contributed by atoms with Gasteiger partial charge in [-0.15, -0.1) is 0 Å². The maximum Gasteiger partial charge on any atom is 0.253 e. The van der Waals surface area contributed by atoms with Crippen molar-refractivity contribution in [2.24, 2.45) is 5.10 Å². The highest BCUT2D eigenvalue weighted by atomic mass is 32.2. The molecule has 1 aliphatic carbocycles. The molecular formula is C9H14N4OS.